The normalized spacial score (nSPS) is 13.4. The van der Waals surface area contributed by atoms with Gasteiger partial charge in [-0.2, -0.15) is 0 Å². The average Bonchev–Trinajstić information content (AvgIpc) is 2.74. The van der Waals surface area contributed by atoms with Crippen LogP contribution in [0.4, 0.5) is 0 Å². The molecule has 2 aromatic carbocycles. The molecule has 0 fully saturated rings. The minimum absolute atomic E-state index is 0.426. The third kappa shape index (κ3) is 9.63. The summed E-state index contributed by atoms with van der Waals surface area (Å²) in [7, 11) is 0. The molecule has 2 rings (SSSR count). The first-order valence-corrected chi connectivity index (χ1v) is 11.9. The van der Waals surface area contributed by atoms with E-state index in [1.807, 2.05) is 0 Å². The minimum Gasteiger partial charge on any atom is -0.375 e. The maximum atomic E-state index is 6.48. The molecule has 160 valence electrons. The molecular formula is C28H42O. The van der Waals surface area contributed by atoms with Crippen molar-refractivity contribution in [1.82, 2.24) is 0 Å². The zero-order valence-corrected chi connectivity index (χ0v) is 19.3. The fraction of sp³-hybridized carbons (Fsp3) is 0.571. The van der Waals surface area contributed by atoms with Crippen molar-refractivity contribution in [3.8, 4) is 0 Å². The lowest BCUT2D eigenvalue weighted by molar-refractivity contribution is -0.0256. The van der Waals surface area contributed by atoms with E-state index in [4.69, 9.17) is 4.74 Å². The molecule has 0 aromatic heterocycles. The Morgan fingerprint density at radius 3 is 1.31 bits per heavy atom. The maximum Gasteiger partial charge on any atom is 0.0576 e. The minimum atomic E-state index is 0.426. The fourth-order valence-electron chi connectivity index (χ4n) is 3.92. The Morgan fingerprint density at radius 2 is 0.966 bits per heavy atom. The van der Waals surface area contributed by atoms with E-state index in [0.717, 1.165) is 12.8 Å². The lowest BCUT2D eigenvalue weighted by Gasteiger charge is -2.23. The Hall–Kier alpha value is -1.60. The van der Waals surface area contributed by atoms with E-state index >= 15 is 0 Å². The average molecular weight is 395 g/mol. The van der Waals surface area contributed by atoms with Gasteiger partial charge in [0.25, 0.3) is 0 Å². The molecule has 0 aliphatic heterocycles. The first kappa shape index (κ1) is 23.7. The van der Waals surface area contributed by atoms with Gasteiger partial charge in [0.1, 0.15) is 0 Å². The number of benzene rings is 2. The highest BCUT2D eigenvalue weighted by Crippen LogP contribution is 2.19. The van der Waals surface area contributed by atoms with Crippen LogP contribution in [0.3, 0.4) is 0 Å². The fourth-order valence-corrected chi connectivity index (χ4v) is 3.92. The number of unbranched alkanes of at least 4 members (excludes halogenated alkanes) is 2. The molecule has 1 heteroatoms. The monoisotopic (exact) mass is 394 g/mol. The molecule has 2 unspecified atom stereocenters. The highest BCUT2D eigenvalue weighted by molar-refractivity contribution is 5.22. The summed E-state index contributed by atoms with van der Waals surface area (Å²) in [4.78, 5) is 0. The van der Waals surface area contributed by atoms with E-state index in [2.05, 4.69) is 76.2 Å². The number of ether oxygens (including phenoxy) is 1. The van der Waals surface area contributed by atoms with Gasteiger partial charge in [-0.1, -0.05) is 86.3 Å². The van der Waals surface area contributed by atoms with E-state index < -0.39 is 0 Å². The van der Waals surface area contributed by atoms with Gasteiger partial charge in [-0.05, 0) is 76.3 Å². The largest absolute Gasteiger partial charge is 0.375 e. The van der Waals surface area contributed by atoms with Gasteiger partial charge < -0.3 is 4.74 Å². The molecule has 0 N–H and O–H groups in total. The van der Waals surface area contributed by atoms with Crippen molar-refractivity contribution in [3.63, 3.8) is 0 Å². The first-order valence-electron chi connectivity index (χ1n) is 11.9. The molecule has 0 aliphatic rings. The van der Waals surface area contributed by atoms with Crippen LogP contribution in [0.25, 0.3) is 0 Å². The second-order valence-corrected chi connectivity index (χ2v) is 8.66. The van der Waals surface area contributed by atoms with Crippen LogP contribution in [0, 0.1) is 13.8 Å². The van der Waals surface area contributed by atoms with Crippen LogP contribution in [-0.2, 0) is 17.6 Å². The smallest absolute Gasteiger partial charge is 0.0576 e. The Labute approximate surface area is 179 Å². The SMILES string of the molecule is CCC(CCCCc1ccc(C)cc1)OC(CC)CCCCc1ccc(C)cc1. The van der Waals surface area contributed by atoms with Crippen LogP contribution < -0.4 is 0 Å². The number of hydrogen-bond donors (Lipinski definition) is 0. The molecule has 0 amide bonds. The van der Waals surface area contributed by atoms with Crippen molar-refractivity contribution in [2.45, 2.75) is 104 Å². The summed E-state index contributed by atoms with van der Waals surface area (Å²) in [5, 5.41) is 0. The van der Waals surface area contributed by atoms with Gasteiger partial charge in [0, 0.05) is 0 Å². The van der Waals surface area contributed by atoms with Gasteiger partial charge in [0.2, 0.25) is 0 Å². The van der Waals surface area contributed by atoms with Gasteiger partial charge in [0.15, 0.2) is 0 Å². The van der Waals surface area contributed by atoms with Gasteiger partial charge in [0.05, 0.1) is 12.2 Å². The van der Waals surface area contributed by atoms with Gasteiger partial charge in [-0.15, -0.1) is 0 Å². The highest BCUT2D eigenvalue weighted by atomic mass is 16.5. The molecule has 0 saturated carbocycles. The van der Waals surface area contributed by atoms with Crippen molar-refractivity contribution >= 4 is 0 Å². The predicted octanol–water partition coefficient (Wildman–Crippen LogP) is 8.00. The highest BCUT2D eigenvalue weighted by Gasteiger charge is 2.14. The first-order chi connectivity index (χ1) is 14.1. The van der Waals surface area contributed by atoms with Crippen LogP contribution in [0.15, 0.2) is 48.5 Å². The lowest BCUT2D eigenvalue weighted by atomic mass is 10.0. The molecule has 0 radical (unpaired) electrons. The molecule has 0 spiro atoms. The molecule has 0 heterocycles. The van der Waals surface area contributed by atoms with E-state index in [1.165, 1.54) is 73.6 Å². The van der Waals surface area contributed by atoms with E-state index in [1.54, 1.807) is 0 Å². The molecule has 29 heavy (non-hydrogen) atoms. The third-order valence-corrected chi connectivity index (χ3v) is 6.02. The maximum absolute atomic E-state index is 6.48. The Kier molecular flexibility index (Phi) is 11.1. The van der Waals surface area contributed by atoms with Crippen molar-refractivity contribution in [3.05, 3.63) is 70.8 Å². The summed E-state index contributed by atoms with van der Waals surface area (Å²) in [5.41, 5.74) is 5.62. The quantitative estimate of drug-likeness (QED) is 0.295. The second-order valence-electron chi connectivity index (χ2n) is 8.66. The van der Waals surface area contributed by atoms with Crippen LogP contribution >= 0.6 is 0 Å². The molecule has 0 saturated heterocycles. The van der Waals surface area contributed by atoms with Gasteiger partial charge in [-0.25, -0.2) is 0 Å². The molecule has 0 bridgehead atoms. The number of aryl methyl sites for hydroxylation is 4. The van der Waals surface area contributed by atoms with Crippen LogP contribution in [0.2, 0.25) is 0 Å². The summed E-state index contributed by atoms with van der Waals surface area (Å²) >= 11 is 0. The van der Waals surface area contributed by atoms with E-state index in [-0.39, 0.29) is 0 Å². The summed E-state index contributed by atoms with van der Waals surface area (Å²) in [5.74, 6) is 0. The van der Waals surface area contributed by atoms with Crippen molar-refractivity contribution in [2.75, 3.05) is 0 Å². The Bertz CT molecular complexity index is 596. The predicted molar refractivity (Wildman–Crippen MR) is 127 cm³/mol. The van der Waals surface area contributed by atoms with Crippen molar-refractivity contribution in [1.29, 1.82) is 0 Å². The van der Waals surface area contributed by atoms with Crippen LogP contribution in [0.1, 0.15) is 87.5 Å². The Balaban J connectivity index is 1.61. The van der Waals surface area contributed by atoms with Gasteiger partial charge in [-0.3, -0.25) is 0 Å². The van der Waals surface area contributed by atoms with E-state index in [0.29, 0.717) is 12.2 Å². The number of rotatable bonds is 14. The number of hydrogen-bond acceptors (Lipinski definition) is 1. The molecule has 2 atom stereocenters. The Morgan fingerprint density at radius 1 is 0.586 bits per heavy atom. The molecule has 0 aliphatic carbocycles. The molecular weight excluding hydrogens is 352 g/mol. The molecule has 1 nitrogen and oxygen atoms in total. The third-order valence-electron chi connectivity index (χ3n) is 6.02. The van der Waals surface area contributed by atoms with Crippen LogP contribution in [0.5, 0.6) is 0 Å². The van der Waals surface area contributed by atoms with Crippen molar-refractivity contribution in [2.24, 2.45) is 0 Å². The summed E-state index contributed by atoms with van der Waals surface area (Å²) < 4.78 is 6.48. The zero-order chi connectivity index (χ0) is 20.9. The van der Waals surface area contributed by atoms with E-state index in [9.17, 15) is 0 Å². The topological polar surface area (TPSA) is 9.23 Å². The summed E-state index contributed by atoms with van der Waals surface area (Å²) in [6.45, 7) is 8.85. The zero-order valence-electron chi connectivity index (χ0n) is 19.3. The standard InChI is InChI=1S/C28H42O/c1-5-27(13-9-7-11-25-19-15-23(3)16-20-25)29-28(6-2)14-10-8-12-26-21-17-24(4)18-22-26/h15-22,27-28H,5-14H2,1-4H3. The summed E-state index contributed by atoms with van der Waals surface area (Å²) in [6, 6.07) is 18.0. The van der Waals surface area contributed by atoms with Gasteiger partial charge >= 0.3 is 0 Å². The molecule has 2 aromatic rings. The lowest BCUT2D eigenvalue weighted by Crippen LogP contribution is -2.21. The van der Waals surface area contributed by atoms with Crippen LogP contribution in [-0.4, -0.2) is 12.2 Å². The summed E-state index contributed by atoms with van der Waals surface area (Å²) in [6.07, 6.45) is 12.9. The second kappa shape index (κ2) is 13.6. The van der Waals surface area contributed by atoms with Crippen molar-refractivity contribution < 1.29 is 4.74 Å².